The van der Waals surface area contributed by atoms with Crippen molar-refractivity contribution in [1.29, 1.82) is 0 Å². The van der Waals surface area contributed by atoms with Crippen molar-refractivity contribution < 1.29 is 14.4 Å². The molecule has 0 radical (unpaired) electrons. The Labute approximate surface area is 148 Å². The first-order chi connectivity index (χ1) is 11.5. The largest absolute Gasteiger partial charge is 0.496 e. The molecule has 0 aliphatic heterocycles. The molecule has 0 aliphatic carbocycles. The van der Waals surface area contributed by atoms with Gasteiger partial charge in [-0.1, -0.05) is 41.4 Å². The highest BCUT2D eigenvalue weighted by Gasteiger charge is 2.13. The summed E-state index contributed by atoms with van der Waals surface area (Å²) in [5.41, 5.74) is 3.21. The van der Waals surface area contributed by atoms with Gasteiger partial charge in [-0.2, -0.15) is 0 Å². The van der Waals surface area contributed by atoms with E-state index in [0.717, 1.165) is 28.3 Å². The molecule has 5 heteroatoms. The summed E-state index contributed by atoms with van der Waals surface area (Å²) in [4.78, 5) is 13.2. The van der Waals surface area contributed by atoms with Crippen molar-refractivity contribution in [3.63, 3.8) is 0 Å². The number of carbonyl (C=O) groups excluding carboxylic acids is 1. The third-order valence-electron chi connectivity index (χ3n) is 3.82. The van der Waals surface area contributed by atoms with Gasteiger partial charge in [0.25, 0.3) is 5.91 Å². The molecule has 4 nitrogen and oxygen atoms in total. The Morgan fingerprint density at radius 2 is 1.96 bits per heavy atom. The molecule has 1 atom stereocenters. The number of hydrogen-bond acceptors (Lipinski definition) is 2. The summed E-state index contributed by atoms with van der Waals surface area (Å²) < 4.78 is 5.40. The zero-order valence-electron chi connectivity index (χ0n) is 14.4. The van der Waals surface area contributed by atoms with E-state index in [2.05, 4.69) is 18.3 Å². The molecule has 0 aliphatic rings. The molecule has 2 N–H and O–H groups in total. The fourth-order valence-corrected chi connectivity index (χ4v) is 2.81. The van der Waals surface area contributed by atoms with Gasteiger partial charge in [-0.25, -0.2) is 0 Å². The van der Waals surface area contributed by atoms with E-state index in [0.29, 0.717) is 18.1 Å². The molecule has 2 aromatic carbocycles. The van der Waals surface area contributed by atoms with Gasteiger partial charge in [0.2, 0.25) is 0 Å². The minimum Gasteiger partial charge on any atom is -0.496 e. The average molecular weight is 348 g/mol. The fraction of sp³-hybridized carbons (Fsp3) is 0.316. The first kappa shape index (κ1) is 18.3. The van der Waals surface area contributed by atoms with E-state index in [9.17, 15) is 4.79 Å². The van der Waals surface area contributed by atoms with Crippen LogP contribution in [0.25, 0.3) is 0 Å². The summed E-state index contributed by atoms with van der Waals surface area (Å²) in [6.07, 6.45) is 0. The number of likely N-dealkylation sites (N-methyl/N-ethyl adjacent to an activating group) is 1. The molecule has 0 bridgehead atoms. The first-order valence-electron chi connectivity index (χ1n) is 7.94. The van der Waals surface area contributed by atoms with Crippen LogP contribution in [0.3, 0.4) is 0 Å². The Bertz CT molecular complexity index is 704. The topological polar surface area (TPSA) is 42.8 Å². The minimum atomic E-state index is -0.000889. The van der Waals surface area contributed by atoms with Crippen LogP contribution in [0.15, 0.2) is 42.5 Å². The molecule has 1 unspecified atom stereocenters. The van der Waals surface area contributed by atoms with Crippen molar-refractivity contribution >= 4 is 17.5 Å². The third kappa shape index (κ3) is 5.25. The maximum atomic E-state index is 12.1. The van der Waals surface area contributed by atoms with Crippen LogP contribution in [0, 0.1) is 6.92 Å². The van der Waals surface area contributed by atoms with Crippen molar-refractivity contribution in [2.24, 2.45) is 0 Å². The summed E-state index contributed by atoms with van der Waals surface area (Å²) in [6, 6.07) is 13.6. The number of benzene rings is 2. The van der Waals surface area contributed by atoms with Crippen LogP contribution in [0.4, 0.5) is 0 Å². The highest BCUT2D eigenvalue weighted by Crippen LogP contribution is 2.18. The second-order valence-electron chi connectivity index (χ2n) is 5.99. The lowest BCUT2D eigenvalue weighted by Crippen LogP contribution is -3.08. The summed E-state index contributed by atoms with van der Waals surface area (Å²) in [5, 5.41) is 3.59. The number of quaternary nitrogens is 1. The molecule has 2 rings (SSSR count). The van der Waals surface area contributed by atoms with Gasteiger partial charge in [-0.3, -0.25) is 4.79 Å². The Morgan fingerprint density at radius 1 is 1.21 bits per heavy atom. The second-order valence-corrected chi connectivity index (χ2v) is 6.40. The van der Waals surface area contributed by atoms with Gasteiger partial charge in [0.1, 0.15) is 12.3 Å². The average Bonchev–Trinajstić information content (AvgIpc) is 2.54. The molecule has 1 amide bonds. The summed E-state index contributed by atoms with van der Waals surface area (Å²) >= 11 is 6.10. The zero-order valence-corrected chi connectivity index (χ0v) is 15.1. The van der Waals surface area contributed by atoms with Crippen molar-refractivity contribution in [2.75, 3.05) is 20.7 Å². The minimum absolute atomic E-state index is 0.000889. The van der Waals surface area contributed by atoms with Crippen molar-refractivity contribution in [3.05, 3.63) is 64.2 Å². The quantitative estimate of drug-likeness (QED) is 0.804. The fourth-order valence-electron chi connectivity index (χ4n) is 2.61. The molecular weight excluding hydrogens is 324 g/mol. The number of halogens is 1. The van der Waals surface area contributed by atoms with Gasteiger partial charge in [0, 0.05) is 17.1 Å². The Balaban J connectivity index is 1.88. The van der Waals surface area contributed by atoms with Gasteiger partial charge < -0.3 is 15.0 Å². The van der Waals surface area contributed by atoms with Crippen molar-refractivity contribution in [3.8, 4) is 5.75 Å². The van der Waals surface area contributed by atoms with Gasteiger partial charge in [-0.05, 0) is 30.7 Å². The number of hydrogen-bond donors (Lipinski definition) is 2. The molecule has 0 heterocycles. The lowest BCUT2D eigenvalue weighted by molar-refractivity contribution is -0.885. The number of amides is 1. The molecule has 0 saturated carbocycles. The molecule has 0 saturated heterocycles. The Hall–Kier alpha value is -2.04. The summed E-state index contributed by atoms with van der Waals surface area (Å²) in [6.45, 7) is 3.61. The SMILES string of the molecule is COc1ccc(C)cc1C[NH+](C)CC(=O)NCc1ccccc1Cl. The smallest absolute Gasteiger partial charge is 0.275 e. The summed E-state index contributed by atoms with van der Waals surface area (Å²) in [5.74, 6) is 0.857. The van der Waals surface area contributed by atoms with Crippen LogP contribution in [0.2, 0.25) is 5.02 Å². The number of nitrogens with one attached hydrogen (secondary N) is 2. The van der Waals surface area contributed by atoms with E-state index in [-0.39, 0.29) is 5.91 Å². The number of rotatable bonds is 7. The van der Waals surface area contributed by atoms with E-state index in [1.165, 1.54) is 5.56 Å². The van der Waals surface area contributed by atoms with E-state index in [1.807, 2.05) is 43.4 Å². The Kier molecular flexibility index (Phi) is 6.64. The lowest BCUT2D eigenvalue weighted by Gasteiger charge is -2.16. The van der Waals surface area contributed by atoms with Gasteiger partial charge >= 0.3 is 0 Å². The van der Waals surface area contributed by atoms with Gasteiger partial charge in [-0.15, -0.1) is 0 Å². The lowest BCUT2D eigenvalue weighted by atomic mass is 10.1. The number of aryl methyl sites for hydroxylation is 1. The molecule has 24 heavy (non-hydrogen) atoms. The second kappa shape index (κ2) is 8.71. The predicted molar refractivity (Wildman–Crippen MR) is 96.5 cm³/mol. The van der Waals surface area contributed by atoms with Gasteiger partial charge in [0.05, 0.1) is 14.2 Å². The molecule has 128 valence electrons. The number of carbonyl (C=O) groups is 1. The Morgan fingerprint density at radius 3 is 2.67 bits per heavy atom. The van der Waals surface area contributed by atoms with Crippen LogP contribution in [-0.2, 0) is 17.9 Å². The maximum absolute atomic E-state index is 12.1. The molecule has 0 fully saturated rings. The van der Waals surface area contributed by atoms with Gasteiger partial charge in [0.15, 0.2) is 6.54 Å². The zero-order chi connectivity index (χ0) is 17.5. The van der Waals surface area contributed by atoms with E-state index in [4.69, 9.17) is 16.3 Å². The predicted octanol–water partition coefficient (Wildman–Crippen LogP) is 1.99. The molecular formula is C19H24ClN2O2+. The highest BCUT2D eigenvalue weighted by atomic mass is 35.5. The van der Waals surface area contributed by atoms with Crippen LogP contribution < -0.4 is 15.0 Å². The van der Waals surface area contributed by atoms with Crippen LogP contribution in [-0.4, -0.2) is 26.6 Å². The van der Waals surface area contributed by atoms with E-state index >= 15 is 0 Å². The van der Waals surface area contributed by atoms with E-state index in [1.54, 1.807) is 7.11 Å². The molecule has 2 aromatic rings. The molecule has 0 spiro atoms. The van der Waals surface area contributed by atoms with Crippen LogP contribution in [0.5, 0.6) is 5.75 Å². The number of methoxy groups -OCH3 is 1. The van der Waals surface area contributed by atoms with Crippen molar-refractivity contribution in [1.82, 2.24) is 5.32 Å². The maximum Gasteiger partial charge on any atom is 0.275 e. The third-order valence-corrected chi connectivity index (χ3v) is 4.19. The standard InChI is InChI=1S/C19H23ClN2O2/c1-14-8-9-18(24-3)16(10-14)12-22(2)13-19(23)21-11-15-6-4-5-7-17(15)20/h4-10H,11-13H2,1-3H3,(H,21,23)/p+1. The monoisotopic (exact) mass is 347 g/mol. The summed E-state index contributed by atoms with van der Waals surface area (Å²) in [7, 11) is 3.66. The highest BCUT2D eigenvalue weighted by molar-refractivity contribution is 6.31. The van der Waals surface area contributed by atoms with Crippen LogP contribution in [0.1, 0.15) is 16.7 Å². The van der Waals surface area contributed by atoms with E-state index < -0.39 is 0 Å². The molecule has 0 aromatic heterocycles. The number of ether oxygens (including phenoxy) is 1. The van der Waals surface area contributed by atoms with Crippen molar-refractivity contribution in [2.45, 2.75) is 20.0 Å². The first-order valence-corrected chi connectivity index (χ1v) is 8.32. The van der Waals surface area contributed by atoms with Crippen LogP contribution >= 0.6 is 11.6 Å². The normalized spacial score (nSPS) is 11.8.